The fourth-order valence-electron chi connectivity index (χ4n) is 2.16. The van der Waals surface area contributed by atoms with Gasteiger partial charge in [-0.1, -0.05) is 18.5 Å². The zero-order valence-electron chi connectivity index (χ0n) is 11.2. The van der Waals surface area contributed by atoms with Crippen molar-refractivity contribution in [2.75, 3.05) is 23.7 Å². The predicted octanol–water partition coefficient (Wildman–Crippen LogP) is 3.41. The second-order valence-corrected chi connectivity index (χ2v) is 7.43. The Morgan fingerprint density at radius 2 is 2.22 bits per heavy atom. The number of halogens is 1. The van der Waals surface area contributed by atoms with Crippen molar-refractivity contribution in [3.63, 3.8) is 0 Å². The molecule has 1 aromatic rings. The van der Waals surface area contributed by atoms with Crippen LogP contribution in [0.3, 0.4) is 0 Å². The molecule has 1 fully saturated rings. The monoisotopic (exact) mass is 285 g/mol. The Bertz CT molecular complexity index is 423. The van der Waals surface area contributed by atoms with Crippen LogP contribution >= 0.6 is 23.4 Å². The topological polar surface area (TPSA) is 29.0 Å². The van der Waals surface area contributed by atoms with Crippen molar-refractivity contribution < 1.29 is 0 Å². The lowest BCUT2D eigenvalue weighted by molar-refractivity contribution is 0.639. The molecular weight excluding hydrogens is 266 g/mol. The van der Waals surface area contributed by atoms with Crippen LogP contribution < -0.4 is 4.90 Å². The van der Waals surface area contributed by atoms with Crippen molar-refractivity contribution in [2.45, 2.75) is 38.4 Å². The molecule has 0 amide bonds. The average molecular weight is 286 g/mol. The summed E-state index contributed by atoms with van der Waals surface area (Å²) in [4.78, 5) is 11.2. The van der Waals surface area contributed by atoms with Gasteiger partial charge in [-0.05, 0) is 20.3 Å². The van der Waals surface area contributed by atoms with Gasteiger partial charge in [0.25, 0.3) is 0 Å². The molecule has 0 bridgehead atoms. The SMILES string of the molecule is CCCc1nc(Cl)cc(N2CCSC(C)(C)C2)n1. The highest BCUT2D eigenvalue weighted by Crippen LogP contribution is 2.32. The van der Waals surface area contributed by atoms with Gasteiger partial charge in [0.1, 0.15) is 16.8 Å². The van der Waals surface area contributed by atoms with Gasteiger partial charge in [-0.15, -0.1) is 0 Å². The van der Waals surface area contributed by atoms with Gasteiger partial charge in [0, 0.05) is 36.1 Å². The maximum absolute atomic E-state index is 6.09. The molecule has 0 saturated carbocycles. The van der Waals surface area contributed by atoms with Gasteiger partial charge in [-0.25, -0.2) is 9.97 Å². The van der Waals surface area contributed by atoms with E-state index in [-0.39, 0.29) is 4.75 Å². The van der Waals surface area contributed by atoms with E-state index in [9.17, 15) is 0 Å². The summed E-state index contributed by atoms with van der Waals surface area (Å²) in [5.41, 5.74) is 0. The number of hydrogen-bond acceptors (Lipinski definition) is 4. The summed E-state index contributed by atoms with van der Waals surface area (Å²) >= 11 is 8.11. The summed E-state index contributed by atoms with van der Waals surface area (Å²) in [5, 5.41) is 0.555. The molecule has 3 nitrogen and oxygen atoms in total. The highest BCUT2D eigenvalue weighted by atomic mass is 35.5. The van der Waals surface area contributed by atoms with Gasteiger partial charge >= 0.3 is 0 Å². The van der Waals surface area contributed by atoms with Crippen LogP contribution in [0.25, 0.3) is 0 Å². The van der Waals surface area contributed by atoms with E-state index in [2.05, 4.69) is 35.6 Å². The summed E-state index contributed by atoms with van der Waals surface area (Å²) in [6.45, 7) is 8.73. The molecule has 0 radical (unpaired) electrons. The van der Waals surface area contributed by atoms with Crippen molar-refractivity contribution >= 4 is 29.2 Å². The van der Waals surface area contributed by atoms with E-state index < -0.39 is 0 Å². The number of aryl methyl sites for hydroxylation is 1. The van der Waals surface area contributed by atoms with Gasteiger partial charge in [-0.3, -0.25) is 0 Å². The Morgan fingerprint density at radius 1 is 1.44 bits per heavy atom. The number of hydrogen-bond donors (Lipinski definition) is 0. The molecule has 1 aromatic heterocycles. The molecule has 0 unspecified atom stereocenters. The van der Waals surface area contributed by atoms with Crippen molar-refractivity contribution in [3.8, 4) is 0 Å². The fraction of sp³-hybridized carbons (Fsp3) is 0.692. The molecular formula is C13H20ClN3S. The van der Waals surface area contributed by atoms with Gasteiger partial charge < -0.3 is 4.90 Å². The molecule has 100 valence electrons. The highest BCUT2D eigenvalue weighted by Gasteiger charge is 2.28. The molecule has 1 aliphatic rings. The van der Waals surface area contributed by atoms with E-state index in [1.165, 1.54) is 0 Å². The molecule has 1 aliphatic heterocycles. The summed E-state index contributed by atoms with van der Waals surface area (Å²) in [6.07, 6.45) is 1.93. The predicted molar refractivity (Wildman–Crippen MR) is 79.8 cm³/mol. The number of anilines is 1. The Kier molecular flexibility index (Phi) is 4.38. The smallest absolute Gasteiger partial charge is 0.134 e. The molecule has 0 atom stereocenters. The molecule has 0 aromatic carbocycles. The molecule has 0 spiro atoms. The number of rotatable bonds is 3. The minimum Gasteiger partial charge on any atom is -0.354 e. The van der Waals surface area contributed by atoms with Crippen LogP contribution in [0.1, 0.15) is 33.0 Å². The zero-order valence-corrected chi connectivity index (χ0v) is 12.8. The first-order valence-corrected chi connectivity index (χ1v) is 7.79. The Morgan fingerprint density at radius 3 is 2.89 bits per heavy atom. The summed E-state index contributed by atoms with van der Waals surface area (Å²) in [6, 6.07) is 1.88. The number of nitrogens with zero attached hydrogens (tertiary/aromatic N) is 3. The lowest BCUT2D eigenvalue weighted by Crippen LogP contribution is -2.43. The van der Waals surface area contributed by atoms with Gasteiger partial charge in [-0.2, -0.15) is 11.8 Å². The summed E-state index contributed by atoms with van der Waals surface area (Å²) in [5.74, 6) is 2.97. The lowest BCUT2D eigenvalue weighted by Gasteiger charge is -2.38. The Hall–Kier alpha value is -0.480. The van der Waals surface area contributed by atoms with E-state index in [0.717, 1.165) is 43.3 Å². The molecule has 18 heavy (non-hydrogen) atoms. The highest BCUT2D eigenvalue weighted by molar-refractivity contribution is 8.00. The van der Waals surface area contributed by atoms with E-state index in [4.69, 9.17) is 11.6 Å². The van der Waals surface area contributed by atoms with E-state index in [1.807, 2.05) is 17.8 Å². The molecule has 0 aliphatic carbocycles. The van der Waals surface area contributed by atoms with Gasteiger partial charge in [0.2, 0.25) is 0 Å². The lowest BCUT2D eigenvalue weighted by atomic mass is 10.2. The quantitative estimate of drug-likeness (QED) is 0.796. The van der Waals surface area contributed by atoms with Crippen molar-refractivity contribution in [1.29, 1.82) is 0 Å². The third-order valence-corrected chi connectivity index (χ3v) is 4.44. The largest absolute Gasteiger partial charge is 0.354 e. The second-order valence-electron chi connectivity index (χ2n) is 5.24. The number of thioether (sulfide) groups is 1. The van der Waals surface area contributed by atoms with Crippen LogP contribution in [0.5, 0.6) is 0 Å². The molecule has 2 rings (SSSR count). The first-order valence-electron chi connectivity index (χ1n) is 6.42. The molecule has 0 N–H and O–H groups in total. The molecule has 2 heterocycles. The number of aromatic nitrogens is 2. The maximum atomic E-state index is 6.09. The van der Waals surface area contributed by atoms with Gasteiger partial charge in [0.05, 0.1) is 0 Å². The minimum absolute atomic E-state index is 0.278. The van der Waals surface area contributed by atoms with Crippen LogP contribution in [-0.4, -0.2) is 33.6 Å². The summed E-state index contributed by atoms with van der Waals surface area (Å²) < 4.78 is 0.278. The van der Waals surface area contributed by atoms with Crippen LogP contribution in [0, 0.1) is 0 Å². The Labute approximate surface area is 118 Å². The summed E-state index contributed by atoms with van der Waals surface area (Å²) in [7, 11) is 0. The van der Waals surface area contributed by atoms with E-state index in [0.29, 0.717) is 5.15 Å². The normalized spacial score (nSPS) is 19.0. The molecule has 1 saturated heterocycles. The standard InChI is InChI=1S/C13H20ClN3S/c1-4-5-11-15-10(14)8-12(16-11)17-6-7-18-13(2,3)9-17/h8H,4-7,9H2,1-3H3. The molecule has 5 heteroatoms. The second kappa shape index (κ2) is 5.66. The van der Waals surface area contributed by atoms with E-state index in [1.54, 1.807) is 0 Å². The maximum Gasteiger partial charge on any atom is 0.134 e. The van der Waals surface area contributed by atoms with Crippen molar-refractivity contribution in [1.82, 2.24) is 9.97 Å². The average Bonchev–Trinajstić information content (AvgIpc) is 2.27. The van der Waals surface area contributed by atoms with Crippen LogP contribution in [-0.2, 0) is 6.42 Å². The zero-order chi connectivity index (χ0) is 13.2. The first-order chi connectivity index (χ1) is 8.50. The Balaban J connectivity index is 2.21. The van der Waals surface area contributed by atoms with Crippen LogP contribution in [0.2, 0.25) is 5.15 Å². The minimum atomic E-state index is 0.278. The fourth-order valence-corrected chi connectivity index (χ4v) is 3.47. The van der Waals surface area contributed by atoms with Crippen molar-refractivity contribution in [2.24, 2.45) is 0 Å². The van der Waals surface area contributed by atoms with Gasteiger partial charge in [0.15, 0.2) is 0 Å². The third kappa shape index (κ3) is 3.51. The van der Waals surface area contributed by atoms with Crippen LogP contribution in [0.15, 0.2) is 6.07 Å². The van der Waals surface area contributed by atoms with Crippen LogP contribution in [0.4, 0.5) is 5.82 Å². The first kappa shape index (κ1) is 13.9. The van der Waals surface area contributed by atoms with Crippen molar-refractivity contribution in [3.05, 3.63) is 17.0 Å². The third-order valence-electron chi connectivity index (χ3n) is 2.95. The van der Waals surface area contributed by atoms with E-state index >= 15 is 0 Å².